The first-order chi connectivity index (χ1) is 11.0. The van der Waals surface area contributed by atoms with Crippen LogP contribution in [0.15, 0.2) is 36.7 Å². The standard InChI is InChI=1S/C16H16FN3O3/c17-12-3-1-2-4-14(12)20-9-11(8-18-20)16(23)19-13(7-15(21)22)10-5-6-10/h1-4,8-10,13H,5-7H2,(H,19,23)(H,21,22). The van der Waals surface area contributed by atoms with Crippen molar-refractivity contribution in [3.8, 4) is 5.69 Å². The Labute approximate surface area is 131 Å². The molecular weight excluding hydrogens is 301 g/mol. The molecule has 1 atom stereocenters. The number of carbonyl (C=O) groups excluding carboxylic acids is 1. The summed E-state index contributed by atoms with van der Waals surface area (Å²) in [6, 6.07) is 5.74. The summed E-state index contributed by atoms with van der Waals surface area (Å²) in [5.74, 6) is -1.56. The Bertz CT molecular complexity index is 740. The lowest BCUT2D eigenvalue weighted by atomic mass is 10.1. The summed E-state index contributed by atoms with van der Waals surface area (Å²) >= 11 is 0. The number of para-hydroxylation sites is 1. The van der Waals surface area contributed by atoms with Gasteiger partial charge < -0.3 is 10.4 Å². The van der Waals surface area contributed by atoms with Crippen molar-refractivity contribution < 1.29 is 19.1 Å². The fraction of sp³-hybridized carbons (Fsp3) is 0.312. The summed E-state index contributed by atoms with van der Waals surface area (Å²) in [6.07, 6.45) is 4.52. The number of carboxylic acid groups (broad SMARTS) is 1. The maximum atomic E-state index is 13.7. The smallest absolute Gasteiger partial charge is 0.305 e. The number of carbonyl (C=O) groups is 2. The molecule has 2 aromatic rings. The van der Waals surface area contributed by atoms with E-state index in [9.17, 15) is 14.0 Å². The maximum Gasteiger partial charge on any atom is 0.305 e. The SMILES string of the molecule is O=C(O)CC(NC(=O)c1cnn(-c2ccccc2F)c1)C1CC1. The molecule has 1 fully saturated rings. The van der Waals surface area contributed by atoms with Crippen LogP contribution in [0.3, 0.4) is 0 Å². The summed E-state index contributed by atoms with van der Waals surface area (Å²) < 4.78 is 15.0. The van der Waals surface area contributed by atoms with Crippen LogP contribution in [0.4, 0.5) is 4.39 Å². The van der Waals surface area contributed by atoms with Gasteiger partial charge in [0.15, 0.2) is 0 Å². The van der Waals surface area contributed by atoms with Gasteiger partial charge in [0.25, 0.3) is 5.91 Å². The van der Waals surface area contributed by atoms with Crippen LogP contribution in [0.25, 0.3) is 5.69 Å². The van der Waals surface area contributed by atoms with E-state index in [-0.39, 0.29) is 29.6 Å². The lowest BCUT2D eigenvalue weighted by molar-refractivity contribution is -0.137. The third-order valence-electron chi connectivity index (χ3n) is 3.85. The minimum absolute atomic E-state index is 0.0993. The first kappa shape index (κ1) is 15.2. The van der Waals surface area contributed by atoms with Crippen molar-refractivity contribution >= 4 is 11.9 Å². The molecule has 0 bridgehead atoms. The van der Waals surface area contributed by atoms with Gasteiger partial charge in [-0.15, -0.1) is 0 Å². The Hall–Kier alpha value is -2.70. The molecule has 0 aliphatic heterocycles. The minimum Gasteiger partial charge on any atom is -0.481 e. The topological polar surface area (TPSA) is 84.2 Å². The number of halogens is 1. The molecule has 7 heteroatoms. The molecule has 120 valence electrons. The molecule has 2 N–H and O–H groups in total. The van der Waals surface area contributed by atoms with Gasteiger partial charge in [-0.2, -0.15) is 5.10 Å². The van der Waals surface area contributed by atoms with E-state index in [2.05, 4.69) is 10.4 Å². The number of hydrogen-bond donors (Lipinski definition) is 2. The van der Waals surface area contributed by atoms with Crippen molar-refractivity contribution in [2.45, 2.75) is 25.3 Å². The quantitative estimate of drug-likeness (QED) is 0.853. The van der Waals surface area contributed by atoms with Crippen LogP contribution in [0.5, 0.6) is 0 Å². The van der Waals surface area contributed by atoms with E-state index in [4.69, 9.17) is 5.11 Å². The van der Waals surface area contributed by atoms with Crippen LogP contribution in [0.2, 0.25) is 0 Å². The van der Waals surface area contributed by atoms with Gasteiger partial charge in [-0.25, -0.2) is 9.07 Å². The second-order valence-electron chi connectivity index (χ2n) is 5.64. The highest BCUT2D eigenvalue weighted by atomic mass is 19.1. The molecule has 1 amide bonds. The van der Waals surface area contributed by atoms with E-state index >= 15 is 0 Å². The first-order valence-electron chi connectivity index (χ1n) is 7.37. The Morgan fingerprint density at radius 1 is 1.39 bits per heavy atom. The molecule has 1 saturated carbocycles. The lowest BCUT2D eigenvalue weighted by Crippen LogP contribution is -2.37. The van der Waals surface area contributed by atoms with Crippen molar-refractivity contribution in [1.29, 1.82) is 0 Å². The molecule has 0 spiro atoms. The zero-order valence-corrected chi connectivity index (χ0v) is 12.3. The summed E-state index contributed by atoms with van der Waals surface area (Å²) in [6.45, 7) is 0. The van der Waals surface area contributed by atoms with E-state index < -0.39 is 17.7 Å². The monoisotopic (exact) mass is 317 g/mol. The van der Waals surface area contributed by atoms with Crippen molar-refractivity contribution in [3.05, 3.63) is 48.0 Å². The average Bonchev–Trinajstić information content (AvgIpc) is 3.24. The van der Waals surface area contributed by atoms with Crippen molar-refractivity contribution in [2.24, 2.45) is 5.92 Å². The van der Waals surface area contributed by atoms with Crippen LogP contribution >= 0.6 is 0 Å². The molecule has 0 saturated heterocycles. The summed E-state index contributed by atoms with van der Waals surface area (Å²) in [5, 5.41) is 15.7. The van der Waals surface area contributed by atoms with Gasteiger partial charge in [-0.1, -0.05) is 12.1 Å². The van der Waals surface area contributed by atoms with E-state index in [0.29, 0.717) is 0 Å². The number of amides is 1. The number of rotatable bonds is 6. The molecule has 1 aliphatic carbocycles. The Morgan fingerprint density at radius 3 is 2.78 bits per heavy atom. The summed E-state index contributed by atoms with van der Waals surface area (Å²) in [7, 11) is 0. The lowest BCUT2D eigenvalue weighted by Gasteiger charge is -2.15. The molecule has 0 radical (unpaired) electrons. The number of nitrogens with one attached hydrogen (secondary N) is 1. The van der Waals surface area contributed by atoms with Gasteiger partial charge in [-0.3, -0.25) is 9.59 Å². The van der Waals surface area contributed by atoms with Gasteiger partial charge >= 0.3 is 5.97 Å². The van der Waals surface area contributed by atoms with Crippen LogP contribution in [-0.4, -0.2) is 32.8 Å². The van der Waals surface area contributed by atoms with Crippen molar-refractivity contribution in [3.63, 3.8) is 0 Å². The molecule has 23 heavy (non-hydrogen) atoms. The normalized spacial score (nSPS) is 15.2. The van der Waals surface area contributed by atoms with Crippen LogP contribution in [-0.2, 0) is 4.79 Å². The number of carboxylic acids is 1. The first-order valence-corrected chi connectivity index (χ1v) is 7.37. The fourth-order valence-corrected chi connectivity index (χ4v) is 2.48. The van der Waals surface area contributed by atoms with E-state index in [0.717, 1.165) is 12.8 Å². The third-order valence-corrected chi connectivity index (χ3v) is 3.85. The van der Waals surface area contributed by atoms with Gasteiger partial charge in [0, 0.05) is 12.2 Å². The van der Waals surface area contributed by atoms with Gasteiger partial charge in [0.2, 0.25) is 0 Å². The molecule has 3 rings (SSSR count). The summed E-state index contributed by atoms with van der Waals surface area (Å²) in [5.41, 5.74) is 0.514. The number of benzene rings is 1. The third kappa shape index (κ3) is 3.56. The number of nitrogens with zero attached hydrogens (tertiary/aromatic N) is 2. The molecule has 1 unspecified atom stereocenters. The summed E-state index contributed by atoms with van der Waals surface area (Å²) in [4.78, 5) is 23.1. The number of hydrogen-bond acceptors (Lipinski definition) is 3. The average molecular weight is 317 g/mol. The largest absolute Gasteiger partial charge is 0.481 e. The maximum absolute atomic E-state index is 13.7. The molecule has 1 aromatic carbocycles. The van der Waals surface area contributed by atoms with Crippen molar-refractivity contribution in [1.82, 2.24) is 15.1 Å². The predicted octanol–water partition coefficient (Wildman–Crippen LogP) is 1.99. The highest BCUT2D eigenvalue weighted by Crippen LogP contribution is 2.34. The van der Waals surface area contributed by atoms with E-state index in [1.54, 1.807) is 18.2 Å². The second kappa shape index (κ2) is 6.20. The number of aliphatic carboxylic acids is 1. The second-order valence-corrected chi connectivity index (χ2v) is 5.64. The molecule has 1 heterocycles. The van der Waals surface area contributed by atoms with Crippen molar-refractivity contribution in [2.75, 3.05) is 0 Å². The zero-order chi connectivity index (χ0) is 16.4. The minimum atomic E-state index is -0.941. The highest BCUT2D eigenvalue weighted by molar-refractivity contribution is 5.94. The Morgan fingerprint density at radius 2 is 2.13 bits per heavy atom. The predicted molar refractivity (Wildman–Crippen MR) is 79.8 cm³/mol. The van der Waals surface area contributed by atoms with Crippen LogP contribution in [0.1, 0.15) is 29.6 Å². The molecule has 1 aliphatic rings. The van der Waals surface area contributed by atoms with Gasteiger partial charge in [0.05, 0.1) is 18.2 Å². The molecule has 6 nitrogen and oxygen atoms in total. The van der Waals surface area contributed by atoms with E-state index in [1.165, 1.54) is 23.1 Å². The zero-order valence-electron chi connectivity index (χ0n) is 12.3. The van der Waals surface area contributed by atoms with E-state index in [1.807, 2.05) is 0 Å². The molecule has 1 aromatic heterocycles. The highest BCUT2D eigenvalue weighted by Gasteiger charge is 2.34. The van der Waals surface area contributed by atoms with Gasteiger partial charge in [-0.05, 0) is 30.9 Å². The number of aromatic nitrogens is 2. The fourth-order valence-electron chi connectivity index (χ4n) is 2.48. The Balaban J connectivity index is 1.73. The Kier molecular flexibility index (Phi) is 4.10. The van der Waals surface area contributed by atoms with Crippen LogP contribution in [0, 0.1) is 11.7 Å². The van der Waals surface area contributed by atoms with Gasteiger partial charge in [0.1, 0.15) is 11.5 Å². The molecular formula is C16H16FN3O3. The van der Waals surface area contributed by atoms with Crippen LogP contribution < -0.4 is 5.32 Å².